The lowest BCUT2D eigenvalue weighted by atomic mass is 9.88. The summed E-state index contributed by atoms with van der Waals surface area (Å²) in [6.45, 7) is 5.27. The predicted octanol–water partition coefficient (Wildman–Crippen LogP) is 6.66. The molecule has 0 spiro atoms. The van der Waals surface area contributed by atoms with Crippen LogP contribution in [0.15, 0.2) is 30.3 Å². The molecule has 2 heterocycles. The van der Waals surface area contributed by atoms with Crippen LogP contribution in [0.3, 0.4) is 0 Å². The lowest BCUT2D eigenvalue weighted by Gasteiger charge is -2.36. The van der Waals surface area contributed by atoms with E-state index in [-0.39, 0.29) is 6.10 Å². The largest absolute Gasteiger partial charge is 0.487 e. The number of piperidine rings is 1. The number of ether oxygens (including phenoxy) is 1. The van der Waals surface area contributed by atoms with Crippen molar-refractivity contribution in [1.82, 2.24) is 5.32 Å². The van der Waals surface area contributed by atoms with Gasteiger partial charge in [0.15, 0.2) is 0 Å². The summed E-state index contributed by atoms with van der Waals surface area (Å²) < 4.78 is 6.62. The highest BCUT2D eigenvalue weighted by Gasteiger charge is 2.39. The molecule has 2 aliphatic heterocycles. The van der Waals surface area contributed by atoms with E-state index in [4.69, 9.17) is 27.9 Å². The summed E-state index contributed by atoms with van der Waals surface area (Å²) in [6, 6.07) is 11.0. The average Bonchev–Trinajstić information content (AvgIpc) is 3.14. The van der Waals surface area contributed by atoms with Crippen molar-refractivity contribution in [2.24, 2.45) is 0 Å². The van der Waals surface area contributed by atoms with Crippen molar-refractivity contribution in [2.75, 3.05) is 24.5 Å². The van der Waals surface area contributed by atoms with Crippen molar-refractivity contribution in [3.05, 3.63) is 45.9 Å². The van der Waals surface area contributed by atoms with Gasteiger partial charge in [-0.1, -0.05) is 48.5 Å². The van der Waals surface area contributed by atoms with E-state index in [0.29, 0.717) is 22.0 Å². The molecule has 0 bridgehead atoms. The topological polar surface area (TPSA) is 24.5 Å². The highest BCUT2D eigenvalue weighted by molar-refractivity contribution is 6.36. The number of fused-ring (bicyclic) bond motifs is 3. The number of nitrogens with one attached hydrogen (secondary N) is 1. The molecule has 1 saturated heterocycles. The molecular formula is C25H30Cl2N2O. The first kappa shape index (κ1) is 20.5. The van der Waals surface area contributed by atoms with Crippen molar-refractivity contribution in [1.29, 1.82) is 0 Å². The first-order valence-corrected chi connectivity index (χ1v) is 12.2. The van der Waals surface area contributed by atoms with Crippen molar-refractivity contribution in [3.8, 4) is 16.9 Å². The third kappa shape index (κ3) is 3.70. The van der Waals surface area contributed by atoms with Gasteiger partial charge in [0.25, 0.3) is 0 Å². The normalized spacial score (nSPS) is 23.6. The molecule has 2 fully saturated rings. The fourth-order valence-electron chi connectivity index (χ4n) is 5.59. The molecule has 3 nitrogen and oxygen atoms in total. The number of hydrogen-bond acceptors (Lipinski definition) is 3. The van der Waals surface area contributed by atoms with Crippen molar-refractivity contribution in [3.63, 3.8) is 0 Å². The molecule has 0 aromatic heterocycles. The Kier molecular flexibility index (Phi) is 5.88. The van der Waals surface area contributed by atoms with Crippen LogP contribution in [0, 0.1) is 0 Å². The van der Waals surface area contributed by atoms with Crippen LogP contribution in [-0.2, 0) is 0 Å². The van der Waals surface area contributed by atoms with Gasteiger partial charge in [0, 0.05) is 46.2 Å². The highest BCUT2D eigenvalue weighted by Crippen LogP contribution is 2.50. The zero-order valence-corrected chi connectivity index (χ0v) is 19.1. The third-order valence-corrected chi connectivity index (χ3v) is 7.64. The minimum absolute atomic E-state index is 0.279. The molecule has 30 heavy (non-hydrogen) atoms. The van der Waals surface area contributed by atoms with Crippen molar-refractivity contribution < 1.29 is 4.74 Å². The number of rotatable bonds is 4. The zero-order chi connectivity index (χ0) is 20.7. The highest BCUT2D eigenvalue weighted by atomic mass is 35.5. The SMILES string of the molecule is CCN(c1cc(-c2ccc(Cl)cc2Cl)cc2c1O[C@H]1CCNCC21)C1CCCCC1. The summed E-state index contributed by atoms with van der Waals surface area (Å²) in [5.74, 6) is 1.51. The Morgan fingerprint density at radius 3 is 2.67 bits per heavy atom. The van der Waals surface area contributed by atoms with Gasteiger partial charge in [0.1, 0.15) is 11.9 Å². The van der Waals surface area contributed by atoms with E-state index in [1.807, 2.05) is 18.2 Å². The summed E-state index contributed by atoms with van der Waals surface area (Å²) in [4.78, 5) is 2.59. The van der Waals surface area contributed by atoms with Crippen LogP contribution in [0.4, 0.5) is 5.69 Å². The van der Waals surface area contributed by atoms with E-state index in [9.17, 15) is 0 Å². The number of benzene rings is 2. The third-order valence-electron chi connectivity index (χ3n) is 7.09. The molecule has 1 N–H and O–H groups in total. The van der Waals surface area contributed by atoms with E-state index >= 15 is 0 Å². The molecule has 1 aliphatic carbocycles. The monoisotopic (exact) mass is 444 g/mol. The maximum atomic E-state index is 6.63. The number of hydrogen-bond donors (Lipinski definition) is 1. The lowest BCUT2D eigenvalue weighted by Crippen LogP contribution is -2.38. The second-order valence-electron chi connectivity index (χ2n) is 8.87. The molecule has 0 radical (unpaired) electrons. The van der Waals surface area contributed by atoms with Crippen LogP contribution in [-0.4, -0.2) is 31.8 Å². The van der Waals surface area contributed by atoms with Gasteiger partial charge in [-0.3, -0.25) is 0 Å². The van der Waals surface area contributed by atoms with Crippen LogP contribution < -0.4 is 15.0 Å². The second kappa shape index (κ2) is 8.61. The number of anilines is 1. The second-order valence-corrected chi connectivity index (χ2v) is 9.71. The van der Waals surface area contributed by atoms with Gasteiger partial charge < -0.3 is 15.0 Å². The van der Waals surface area contributed by atoms with Crippen LogP contribution in [0.2, 0.25) is 10.0 Å². The van der Waals surface area contributed by atoms with E-state index in [2.05, 4.69) is 29.3 Å². The molecule has 3 aliphatic rings. The Morgan fingerprint density at radius 2 is 1.90 bits per heavy atom. The average molecular weight is 445 g/mol. The predicted molar refractivity (Wildman–Crippen MR) is 126 cm³/mol. The molecule has 5 heteroatoms. The Morgan fingerprint density at radius 1 is 1.07 bits per heavy atom. The lowest BCUT2D eigenvalue weighted by molar-refractivity contribution is 0.172. The first-order chi connectivity index (χ1) is 14.7. The van der Waals surface area contributed by atoms with Crippen LogP contribution in [0.25, 0.3) is 11.1 Å². The minimum atomic E-state index is 0.279. The number of halogens is 2. The zero-order valence-electron chi connectivity index (χ0n) is 17.6. The fraction of sp³-hybridized carbons (Fsp3) is 0.520. The van der Waals surface area contributed by atoms with Crippen LogP contribution in [0.1, 0.15) is 56.9 Å². The Bertz CT molecular complexity index is 926. The van der Waals surface area contributed by atoms with Gasteiger partial charge in [0.05, 0.1) is 5.69 Å². The standard InChI is InChI=1S/C25H30Cl2N2O/c1-2-29(18-6-4-3-5-7-18)23-13-16(19-9-8-17(26)14-22(19)27)12-20-21-15-28-11-10-24(21)30-25(20)23/h8-9,12-14,18,21,24,28H,2-7,10-11,15H2,1H3/t21?,24-/m0/s1. The molecule has 2 aromatic rings. The van der Waals surface area contributed by atoms with Crippen LogP contribution >= 0.6 is 23.2 Å². The molecule has 5 rings (SSSR count). The Labute approximate surface area is 189 Å². The van der Waals surface area contributed by atoms with Gasteiger partial charge in [-0.25, -0.2) is 0 Å². The maximum Gasteiger partial charge on any atom is 0.146 e. The molecule has 1 saturated carbocycles. The minimum Gasteiger partial charge on any atom is -0.487 e. The summed E-state index contributed by atoms with van der Waals surface area (Å²) in [5, 5.41) is 4.93. The summed E-state index contributed by atoms with van der Waals surface area (Å²) in [7, 11) is 0. The van der Waals surface area contributed by atoms with Crippen molar-refractivity contribution >= 4 is 28.9 Å². The van der Waals surface area contributed by atoms with Gasteiger partial charge in [-0.15, -0.1) is 0 Å². The van der Waals surface area contributed by atoms with Gasteiger partial charge >= 0.3 is 0 Å². The fourth-order valence-corrected chi connectivity index (χ4v) is 6.10. The van der Waals surface area contributed by atoms with E-state index in [0.717, 1.165) is 42.9 Å². The van der Waals surface area contributed by atoms with E-state index in [1.54, 1.807) is 0 Å². The molecule has 160 valence electrons. The molecule has 0 amide bonds. The molecular weight excluding hydrogens is 415 g/mol. The quantitative estimate of drug-likeness (QED) is 0.570. The smallest absolute Gasteiger partial charge is 0.146 e. The van der Waals surface area contributed by atoms with E-state index < -0.39 is 0 Å². The first-order valence-electron chi connectivity index (χ1n) is 11.4. The molecule has 1 unspecified atom stereocenters. The van der Waals surface area contributed by atoms with Crippen molar-refractivity contribution in [2.45, 2.75) is 63.5 Å². The number of nitrogens with zero attached hydrogens (tertiary/aromatic N) is 1. The Hall–Kier alpha value is -1.42. The Balaban J connectivity index is 1.64. The summed E-state index contributed by atoms with van der Waals surface area (Å²) in [5.41, 5.74) is 4.78. The molecule has 2 aromatic carbocycles. The maximum absolute atomic E-state index is 6.63. The van der Waals surface area contributed by atoms with Gasteiger partial charge in [-0.2, -0.15) is 0 Å². The van der Waals surface area contributed by atoms with E-state index in [1.165, 1.54) is 43.4 Å². The van der Waals surface area contributed by atoms with Crippen LogP contribution in [0.5, 0.6) is 5.75 Å². The van der Waals surface area contributed by atoms with Gasteiger partial charge in [-0.05, 0) is 62.6 Å². The summed E-state index contributed by atoms with van der Waals surface area (Å²) in [6.07, 6.45) is 7.88. The summed E-state index contributed by atoms with van der Waals surface area (Å²) >= 11 is 12.8. The van der Waals surface area contributed by atoms with Gasteiger partial charge in [0.2, 0.25) is 0 Å². The molecule has 2 atom stereocenters.